The van der Waals surface area contributed by atoms with E-state index in [0.717, 1.165) is 16.3 Å². The number of esters is 1. The van der Waals surface area contributed by atoms with Crippen LogP contribution in [0.25, 0.3) is 10.8 Å². The van der Waals surface area contributed by atoms with Crippen LogP contribution < -0.4 is 15.4 Å². The van der Waals surface area contributed by atoms with Crippen LogP contribution in [0, 0.1) is 0 Å². The summed E-state index contributed by atoms with van der Waals surface area (Å²) in [6.45, 7) is 0. The number of carbonyl (C=O) groups is 2. The molecule has 0 spiro atoms. The molecule has 212 valence electrons. The van der Waals surface area contributed by atoms with E-state index in [4.69, 9.17) is 9.47 Å². The van der Waals surface area contributed by atoms with E-state index in [-0.39, 0.29) is 21.9 Å². The topological polar surface area (TPSA) is 137 Å². The Morgan fingerprint density at radius 1 is 0.881 bits per heavy atom. The number of hydrogen-bond donors (Lipinski definition) is 2. The maximum absolute atomic E-state index is 13.2. The van der Waals surface area contributed by atoms with Gasteiger partial charge in [0.05, 0.1) is 22.6 Å². The lowest BCUT2D eigenvalue weighted by molar-refractivity contribution is -0.142. The molecule has 2 amide bonds. The summed E-state index contributed by atoms with van der Waals surface area (Å²) in [5.74, 6) is 0.305. The molecular weight excluding hydrogens is 556 g/mol. The van der Waals surface area contributed by atoms with E-state index in [1.165, 1.54) is 31.4 Å². The highest BCUT2D eigenvalue weighted by Crippen LogP contribution is 2.28. The fraction of sp³-hybridized carbons (Fsp3) is 0.0968. The number of anilines is 1. The van der Waals surface area contributed by atoms with Gasteiger partial charge < -0.3 is 20.1 Å². The number of para-hydroxylation sites is 1. The normalized spacial score (nSPS) is 11.8. The lowest BCUT2D eigenvalue weighted by Gasteiger charge is -2.18. The first-order valence-corrected chi connectivity index (χ1v) is 14.3. The quantitative estimate of drug-likeness (QED) is 0.228. The van der Waals surface area contributed by atoms with Crippen molar-refractivity contribution in [1.29, 1.82) is 0 Å². The molecule has 0 aliphatic heterocycles. The van der Waals surface area contributed by atoms with Crippen LogP contribution in [-0.4, -0.2) is 43.5 Å². The minimum absolute atomic E-state index is 0.0711. The van der Waals surface area contributed by atoms with Crippen LogP contribution in [0.1, 0.15) is 5.56 Å². The molecule has 0 radical (unpaired) electrons. The van der Waals surface area contributed by atoms with Crippen LogP contribution in [0.4, 0.5) is 10.5 Å². The van der Waals surface area contributed by atoms with Gasteiger partial charge in [-0.3, -0.25) is 4.98 Å². The lowest BCUT2D eigenvalue weighted by atomic mass is 10.1. The fourth-order valence-corrected chi connectivity index (χ4v) is 5.73. The summed E-state index contributed by atoms with van der Waals surface area (Å²) in [5, 5.41) is 6.86. The van der Waals surface area contributed by atoms with Gasteiger partial charge in [-0.05, 0) is 54.1 Å². The van der Waals surface area contributed by atoms with Crippen molar-refractivity contribution in [3.05, 3.63) is 115 Å². The summed E-state index contributed by atoms with van der Waals surface area (Å²) in [7, 11) is -2.68. The van der Waals surface area contributed by atoms with Crippen LogP contribution in [-0.2, 0) is 25.8 Å². The number of nitrogens with zero attached hydrogens (tertiary/aromatic N) is 2. The summed E-state index contributed by atoms with van der Waals surface area (Å²) in [5.41, 5.74) is 0.794. The standard InChI is InChI=1S/C31H26N4O6S/c1-40-30(36)27(19-21-11-13-23(14-12-21)41-29-25-16-17-32-20-22(25)15-18-33-29)35-31(37)34-26-9-5-6-10-28(26)42(38,39)24-7-3-2-4-8-24/h2-18,20,27H,19H2,1H3,(H2,34,35,37)/t27-/m0/s1. The molecule has 2 N–H and O–H groups in total. The van der Waals surface area contributed by atoms with Crippen molar-refractivity contribution in [2.45, 2.75) is 22.3 Å². The van der Waals surface area contributed by atoms with Crippen LogP contribution in [0.3, 0.4) is 0 Å². The SMILES string of the molecule is COC(=O)[C@H](Cc1ccc(Oc2nccc3cnccc23)cc1)NC(=O)Nc1ccccc1S(=O)(=O)c1ccccc1. The van der Waals surface area contributed by atoms with E-state index in [1.54, 1.807) is 73.2 Å². The molecule has 5 rings (SSSR count). The van der Waals surface area contributed by atoms with Gasteiger partial charge in [0.25, 0.3) is 0 Å². The van der Waals surface area contributed by atoms with Gasteiger partial charge in [0, 0.05) is 35.8 Å². The van der Waals surface area contributed by atoms with Gasteiger partial charge in [-0.25, -0.2) is 23.0 Å². The highest BCUT2D eigenvalue weighted by molar-refractivity contribution is 7.91. The van der Waals surface area contributed by atoms with Crippen molar-refractivity contribution in [1.82, 2.24) is 15.3 Å². The Morgan fingerprint density at radius 2 is 1.62 bits per heavy atom. The molecule has 0 fully saturated rings. The summed E-state index contributed by atoms with van der Waals surface area (Å²) >= 11 is 0. The van der Waals surface area contributed by atoms with Crippen molar-refractivity contribution in [2.75, 3.05) is 12.4 Å². The number of sulfone groups is 1. The van der Waals surface area contributed by atoms with Crippen LogP contribution in [0.2, 0.25) is 0 Å². The molecular formula is C31H26N4O6S. The maximum Gasteiger partial charge on any atom is 0.328 e. The zero-order valence-electron chi connectivity index (χ0n) is 22.4. The second-order valence-corrected chi connectivity index (χ2v) is 11.1. The molecule has 3 aromatic carbocycles. The Bertz CT molecular complexity index is 1820. The van der Waals surface area contributed by atoms with Crippen LogP contribution in [0.15, 0.2) is 119 Å². The zero-order chi connectivity index (χ0) is 29.5. The number of fused-ring (bicyclic) bond motifs is 1. The van der Waals surface area contributed by atoms with Crippen molar-refractivity contribution >= 4 is 38.3 Å². The first kappa shape index (κ1) is 28.2. The van der Waals surface area contributed by atoms with E-state index < -0.39 is 27.9 Å². The summed E-state index contributed by atoms with van der Waals surface area (Å²) in [6, 6.07) is 22.8. The maximum atomic E-state index is 13.2. The van der Waals surface area contributed by atoms with Crippen molar-refractivity contribution < 1.29 is 27.5 Å². The van der Waals surface area contributed by atoms with Crippen LogP contribution in [0.5, 0.6) is 11.6 Å². The molecule has 0 bridgehead atoms. The number of urea groups is 1. The molecule has 2 heterocycles. The average Bonchev–Trinajstić information content (AvgIpc) is 3.02. The van der Waals surface area contributed by atoms with Gasteiger partial charge in [-0.2, -0.15) is 0 Å². The predicted octanol–water partition coefficient (Wildman–Crippen LogP) is 5.16. The van der Waals surface area contributed by atoms with Crippen molar-refractivity contribution in [2.24, 2.45) is 0 Å². The molecule has 0 saturated carbocycles. The minimum Gasteiger partial charge on any atom is -0.467 e. The number of carbonyl (C=O) groups excluding carboxylic acids is 2. The highest BCUT2D eigenvalue weighted by Gasteiger charge is 2.25. The zero-order valence-corrected chi connectivity index (χ0v) is 23.2. The molecule has 0 saturated heterocycles. The number of benzene rings is 3. The number of pyridine rings is 2. The number of rotatable bonds is 9. The van der Waals surface area contributed by atoms with E-state index >= 15 is 0 Å². The third kappa shape index (κ3) is 6.37. The Kier molecular flexibility index (Phi) is 8.39. The van der Waals surface area contributed by atoms with E-state index in [2.05, 4.69) is 20.6 Å². The molecule has 11 heteroatoms. The van der Waals surface area contributed by atoms with E-state index in [0.29, 0.717) is 11.6 Å². The third-order valence-electron chi connectivity index (χ3n) is 6.38. The van der Waals surface area contributed by atoms with Gasteiger partial charge in [0.2, 0.25) is 15.7 Å². The van der Waals surface area contributed by atoms with Crippen molar-refractivity contribution in [3.63, 3.8) is 0 Å². The number of methoxy groups -OCH3 is 1. The van der Waals surface area contributed by atoms with Crippen molar-refractivity contribution in [3.8, 4) is 11.6 Å². The molecule has 10 nitrogen and oxygen atoms in total. The fourth-order valence-electron chi connectivity index (χ4n) is 4.29. The Hall–Kier alpha value is -5.29. The smallest absolute Gasteiger partial charge is 0.328 e. The monoisotopic (exact) mass is 582 g/mol. The highest BCUT2D eigenvalue weighted by atomic mass is 32.2. The van der Waals surface area contributed by atoms with Gasteiger partial charge in [-0.15, -0.1) is 0 Å². The first-order chi connectivity index (χ1) is 20.3. The van der Waals surface area contributed by atoms with Gasteiger partial charge in [-0.1, -0.05) is 42.5 Å². The largest absolute Gasteiger partial charge is 0.467 e. The molecule has 1 atom stereocenters. The Balaban J connectivity index is 1.28. The van der Waals surface area contributed by atoms with Gasteiger partial charge in [0.1, 0.15) is 11.8 Å². The summed E-state index contributed by atoms with van der Waals surface area (Å²) in [6.07, 6.45) is 5.14. The number of nitrogens with one attached hydrogen (secondary N) is 2. The Morgan fingerprint density at radius 3 is 2.38 bits per heavy atom. The molecule has 42 heavy (non-hydrogen) atoms. The average molecular weight is 583 g/mol. The molecule has 2 aromatic heterocycles. The number of amides is 2. The number of hydrogen-bond acceptors (Lipinski definition) is 8. The first-order valence-electron chi connectivity index (χ1n) is 12.8. The third-order valence-corrected chi connectivity index (χ3v) is 8.20. The summed E-state index contributed by atoms with van der Waals surface area (Å²) in [4.78, 5) is 33.9. The number of ether oxygens (including phenoxy) is 2. The second kappa shape index (κ2) is 12.5. The Labute approximate surface area is 242 Å². The predicted molar refractivity (Wildman–Crippen MR) is 156 cm³/mol. The molecule has 5 aromatic rings. The number of aromatic nitrogens is 2. The van der Waals surface area contributed by atoms with Gasteiger partial charge >= 0.3 is 12.0 Å². The van der Waals surface area contributed by atoms with Crippen LogP contribution >= 0.6 is 0 Å². The van der Waals surface area contributed by atoms with E-state index in [1.807, 2.05) is 12.1 Å². The minimum atomic E-state index is -3.91. The lowest BCUT2D eigenvalue weighted by Crippen LogP contribution is -2.45. The van der Waals surface area contributed by atoms with E-state index in [9.17, 15) is 18.0 Å². The molecule has 0 aliphatic carbocycles. The molecule has 0 aliphatic rings. The van der Waals surface area contributed by atoms with Gasteiger partial charge in [0.15, 0.2) is 0 Å². The second-order valence-electron chi connectivity index (χ2n) is 9.15. The summed E-state index contributed by atoms with van der Waals surface area (Å²) < 4.78 is 37.3. The molecule has 0 unspecified atom stereocenters.